The van der Waals surface area contributed by atoms with E-state index in [4.69, 9.17) is 0 Å². The molecule has 0 amide bonds. The zero-order chi connectivity index (χ0) is 16.5. The Balaban J connectivity index is 2.35. The van der Waals surface area contributed by atoms with Gasteiger partial charge in [-0.3, -0.25) is 4.79 Å². The fourth-order valence-corrected chi connectivity index (χ4v) is 4.31. The van der Waals surface area contributed by atoms with Crippen molar-refractivity contribution in [2.24, 2.45) is 0 Å². The molecule has 0 aliphatic carbocycles. The maximum atomic E-state index is 13.3. The van der Waals surface area contributed by atoms with Crippen LogP contribution in [0.1, 0.15) is 12.8 Å². The molecule has 1 aliphatic rings. The molecule has 1 fully saturated rings. The highest BCUT2D eigenvalue weighted by molar-refractivity contribution is 7.89. The fraction of sp³-hybridized carbons (Fsp3) is 0.500. The van der Waals surface area contributed by atoms with Gasteiger partial charge in [0.25, 0.3) is 0 Å². The number of carboxylic acid groups (broad SMARTS) is 1. The van der Waals surface area contributed by atoms with E-state index in [0.29, 0.717) is 6.42 Å². The van der Waals surface area contributed by atoms with Crippen LogP contribution in [0.4, 0.5) is 4.39 Å². The summed E-state index contributed by atoms with van der Waals surface area (Å²) in [6.07, 6.45) is 0.738. The van der Waals surface area contributed by atoms with Crippen LogP contribution >= 0.6 is 0 Å². The van der Waals surface area contributed by atoms with Crippen molar-refractivity contribution in [3.63, 3.8) is 0 Å². The Labute approximate surface area is 129 Å². The third-order valence-corrected chi connectivity index (χ3v) is 5.85. The minimum Gasteiger partial charge on any atom is -0.480 e. The van der Waals surface area contributed by atoms with Crippen LogP contribution in [0.25, 0.3) is 0 Å². The van der Waals surface area contributed by atoms with E-state index < -0.39 is 27.9 Å². The average molecular weight is 330 g/mol. The second-order valence-electron chi connectivity index (χ2n) is 5.57. The monoisotopic (exact) mass is 330 g/mol. The standard InChI is InChI=1S/C14H19FN2O4S/c1-16(2)11-6-7-17(13(9-11)14(18)19)22(20,21)12-5-3-4-10(15)8-12/h3-5,8,11,13H,6-7,9H2,1-2H3,(H,18,19)/t11-,13+/m0/s1. The minimum absolute atomic E-state index is 0.0000551. The Hall–Kier alpha value is -1.51. The Morgan fingerprint density at radius 1 is 1.41 bits per heavy atom. The van der Waals surface area contributed by atoms with Crippen molar-refractivity contribution in [1.82, 2.24) is 9.21 Å². The van der Waals surface area contributed by atoms with Crippen LogP contribution in [0.5, 0.6) is 0 Å². The van der Waals surface area contributed by atoms with Gasteiger partial charge in [0.15, 0.2) is 0 Å². The molecule has 122 valence electrons. The number of nitrogens with zero attached hydrogens (tertiary/aromatic N) is 2. The van der Waals surface area contributed by atoms with E-state index in [-0.39, 0.29) is 23.9 Å². The molecule has 2 rings (SSSR count). The van der Waals surface area contributed by atoms with Crippen molar-refractivity contribution in [2.75, 3.05) is 20.6 Å². The van der Waals surface area contributed by atoms with Crippen LogP contribution in [0.3, 0.4) is 0 Å². The van der Waals surface area contributed by atoms with Gasteiger partial charge in [0.2, 0.25) is 10.0 Å². The maximum Gasteiger partial charge on any atom is 0.322 e. The highest BCUT2D eigenvalue weighted by atomic mass is 32.2. The first kappa shape index (κ1) is 16.9. The quantitative estimate of drug-likeness (QED) is 0.891. The van der Waals surface area contributed by atoms with Gasteiger partial charge in [-0.1, -0.05) is 6.07 Å². The number of hydrogen-bond donors (Lipinski definition) is 1. The van der Waals surface area contributed by atoms with Crippen LogP contribution in [-0.2, 0) is 14.8 Å². The van der Waals surface area contributed by atoms with Crippen molar-refractivity contribution >= 4 is 16.0 Å². The topological polar surface area (TPSA) is 77.9 Å². The summed E-state index contributed by atoms with van der Waals surface area (Å²) in [7, 11) is -0.367. The molecule has 1 aromatic rings. The van der Waals surface area contributed by atoms with Gasteiger partial charge in [-0.15, -0.1) is 0 Å². The van der Waals surface area contributed by atoms with Crippen molar-refractivity contribution in [3.8, 4) is 0 Å². The third kappa shape index (κ3) is 3.29. The number of carboxylic acids is 1. The number of halogens is 1. The Kier molecular flexibility index (Phi) is 4.84. The van der Waals surface area contributed by atoms with E-state index >= 15 is 0 Å². The second kappa shape index (κ2) is 6.31. The van der Waals surface area contributed by atoms with Gasteiger partial charge >= 0.3 is 5.97 Å². The van der Waals surface area contributed by atoms with E-state index in [1.165, 1.54) is 12.1 Å². The third-order valence-electron chi connectivity index (χ3n) is 3.94. The predicted octanol–water partition coefficient (Wildman–Crippen LogP) is 0.994. The molecule has 1 aliphatic heterocycles. The van der Waals surface area contributed by atoms with Gasteiger partial charge in [0.1, 0.15) is 11.9 Å². The Morgan fingerprint density at radius 2 is 2.09 bits per heavy atom. The Morgan fingerprint density at radius 3 is 2.64 bits per heavy atom. The molecule has 0 aromatic heterocycles. The van der Waals surface area contributed by atoms with Crippen LogP contribution < -0.4 is 0 Å². The largest absolute Gasteiger partial charge is 0.480 e. The predicted molar refractivity (Wildman–Crippen MR) is 78.4 cm³/mol. The molecule has 22 heavy (non-hydrogen) atoms. The number of hydrogen-bond acceptors (Lipinski definition) is 4. The highest BCUT2D eigenvalue weighted by Gasteiger charge is 2.41. The van der Waals surface area contributed by atoms with E-state index in [9.17, 15) is 22.7 Å². The van der Waals surface area contributed by atoms with Gasteiger partial charge in [0.05, 0.1) is 4.90 Å². The van der Waals surface area contributed by atoms with E-state index in [0.717, 1.165) is 16.4 Å². The molecule has 2 atom stereocenters. The molecule has 0 bridgehead atoms. The molecule has 6 nitrogen and oxygen atoms in total. The summed E-state index contributed by atoms with van der Waals surface area (Å²) in [6, 6.07) is 3.48. The summed E-state index contributed by atoms with van der Waals surface area (Å²) in [6.45, 7) is 0.0959. The fourth-order valence-electron chi connectivity index (χ4n) is 2.67. The number of benzene rings is 1. The second-order valence-corrected chi connectivity index (χ2v) is 7.46. The van der Waals surface area contributed by atoms with Crippen LogP contribution in [0.15, 0.2) is 29.2 Å². The lowest BCUT2D eigenvalue weighted by Crippen LogP contribution is -2.53. The molecular weight excluding hydrogens is 311 g/mol. The van der Waals surface area contributed by atoms with Crippen LogP contribution in [-0.4, -0.2) is 61.4 Å². The first-order valence-electron chi connectivity index (χ1n) is 6.90. The lowest BCUT2D eigenvalue weighted by molar-refractivity contribution is -0.143. The van der Waals surface area contributed by atoms with Crippen LogP contribution in [0, 0.1) is 5.82 Å². The number of carbonyl (C=O) groups is 1. The zero-order valence-corrected chi connectivity index (χ0v) is 13.3. The van der Waals surface area contributed by atoms with Gasteiger partial charge in [0, 0.05) is 12.6 Å². The number of piperidine rings is 1. The average Bonchev–Trinajstić information content (AvgIpc) is 2.46. The summed E-state index contributed by atoms with van der Waals surface area (Å²) >= 11 is 0. The SMILES string of the molecule is CN(C)[C@H]1CCN(S(=O)(=O)c2cccc(F)c2)[C@@H](C(=O)O)C1. The van der Waals surface area contributed by atoms with Crippen molar-refractivity contribution < 1.29 is 22.7 Å². The van der Waals surface area contributed by atoms with Crippen molar-refractivity contribution in [1.29, 1.82) is 0 Å². The normalized spacial score (nSPS) is 23.6. The number of aliphatic carboxylic acids is 1. The zero-order valence-electron chi connectivity index (χ0n) is 12.4. The summed E-state index contributed by atoms with van der Waals surface area (Å²) in [5, 5.41) is 9.37. The summed E-state index contributed by atoms with van der Waals surface area (Å²) in [5.41, 5.74) is 0. The van der Waals surface area contributed by atoms with Gasteiger partial charge in [-0.05, 0) is 45.1 Å². The minimum atomic E-state index is -4.03. The number of rotatable bonds is 4. The number of sulfonamides is 1. The lowest BCUT2D eigenvalue weighted by atomic mass is 9.99. The van der Waals surface area contributed by atoms with E-state index in [1.807, 2.05) is 19.0 Å². The molecule has 1 N–H and O–H groups in total. The van der Waals surface area contributed by atoms with Gasteiger partial charge in [-0.2, -0.15) is 4.31 Å². The van der Waals surface area contributed by atoms with Gasteiger partial charge < -0.3 is 10.0 Å². The van der Waals surface area contributed by atoms with Crippen molar-refractivity contribution in [3.05, 3.63) is 30.1 Å². The highest BCUT2D eigenvalue weighted by Crippen LogP contribution is 2.27. The Bertz CT molecular complexity index is 663. The molecule has 1 saturated heterocycles. The molecular formula is C14H19FN2O4S. The maximum absolute atomic E-state index is 13.3. The van der Waals surface area contributed by atoms with Gasteiger partial charge in [-0.25, -0.2) is 12.8 Å². The molecule has 0 spiro atoms. The molecule has 0 radical (unpaired) electrons. The van der Waals surface area contributed by atoms with E-state index in [2.05, 4.69) is 0 Å². The molecule has 1 aromatic carbocycles. The summed E-state index contributed by atoms with van der Waals surface area (Å²) in [4.78, 5) is 13.1. The first-order valence-corrected chi connectivity index (χ1v) is 8.34. The first-order chi connectivity index (χ1) is 10.2. The summed E-state index contributed by atoms with van der Waals surface area (Å²) < 4.78 is 39.5. The van der Waals surface area contributed by atoms with Crippen molar-refractivity contribution in [2.45, 2.75) is 29.8 Å². The molecule has 8 heteroatoms. The van der Waals surface area contributed by atoms with Crippen LogP contribution in [0.2, 0.25) is 0 Å². The van der Waals surface area contributed by atoms with E-state index in [1.54, 1.807) is 0 Å². The smallest absolute Gasteiger partial charge is 0.322 e. The molecule has 1 heterocycles. The molecule has 0 unspecified atom stereocenters. The lowest BCUT2D eigenvalue weighted by Gasteiger charge is -2.38. The molecule has 0 saturated carbocycles. The summed E-state index contributed by atoms with van der Waals surface area (Å²) in [5.74, 6) is -1.86.